The maximum atomic E-state index is 12.3. The summed E-state index contributed by atoms with van der Waals surface area (Å²) in [5.41, 5.74) is 3.19. The molecule has 2 aromatic carbocycles. The highest BCUT2D eigenvalue weighted by Gasteiger charge is 2.13. The van der Waals surface area contributed by atoms with Crippen LogP contribution in [0.3, 0.4) is 0 Å². The number of carbonyl (C=O) groups is 1. The third-order valence-electron chi connectivity index (χ3n) is 5.43. The number of hydrogen-bond acceptors (Lipinski definition) is 2. The average Bonchev–Trinajstić information content (AvgIpc) is 2.69. The summed E-state index contributed by atoms with van der Waals surface area (Å²) in [6.07, 6.45) is 11.6. The molecule has 0 saturated heterocycles. The van der Waals surface area contributed by atoms with E-state index < -0.39 is 0 Å². The van der Waals surface area contributed by atoms with E-state index in [0.717, 1.165) is 25.2 Å². The largest absolute Gasteiger partial charge is 0.423 e. The monoisotopic (exact) mass is 350 g/mol. The van der Waals surface area contributed by atoms with Crippen LogP contribution in [0, 0.1) is 5.92 Å². The molecular formula is C24H30O2. The highest BCUT2D eigenvalue weighted by molar-refractivity contribution is 5.91. The molecule has 3 rings (SSSR count). The van der Waals surface area contributed by atoms with Crippen molar-refractivity contribution in [2.75, 3.05) is 0 Å². The standard InChI is InChI=1S/C24H30O2/c1-2-6-19-11-15-22(16-12-19)24(25)26-23-17-13-21(14-18-23)10-9-20-7-4-3-5-8-20/h11-18,20H,2-10H2,1H3. The lowest BCUT2D eigenvalue weighted by atomic mass is 9.85. The Hall–Kier alpha value is -2.09. The second kappa shape index (κ2) is 9.56. The minimum Gasteiger partial charge on any atom is -0.423 e. The molecule has 138 valence electrons. The zero-order chi connectivity index (χ0) is 18.2. The molecule has 1 aliphatic carbocycles. The van der Waals surface area contributed by atoms with Gasteiger partial charge in [-0.1, -0.05) is 69.7 Å². The van der Waals surface area contributed by atoms with Gasteiger partial charge in [-0.05, 0) is 60.6 Å². The minimum atomic E-state index is -0.289. The number of ether oxygens (including phenoxy) is 1. The lowest BCUT2D eigenvalue weighted by molar-refractivity contribution is 0.0734. The highest BCUT2D eigenvalue weighted by atomic mass is 16.5. The number of rotatable bonds is 7. The van der Waals surface area contributed by atoms with Gasteiger partial charge in [0.15, 0.2) is 0 Å². The lowest BCUT2D eigenvalue weighted by Crippen LogP contribution is -2.09. The zero-order valence-electron chi connectivity index (χ0n) is 15.9. The van der Waals surface area contributed by atoms with Gasteiger partial charge in [-0.3, -0.25) is 0 Å². The van der Waals surface area contributed by atoms with Crippen LogP contribution in [-0.2, 0) is 12.8 Å². The quantitative estimate of drug-likeness (QED) is 0.428. The van der Waals surface area contributed by atoms with Gasteiger partial charge in [0.25, 0.3) is 0 Å². The molecular weight excluding hydrogens is 320 g/mol. The normalized spacial score (nSPS) is 15.0. The smallest absolute Gasteiger partial charge is 0.343 e. The van der Waals surface area contributed by atoms with E-state index in [0.29, 0.717) is 11.3 Å². The summed E-state index contributed by atoms with van der Waals surface area (Å²) in [5, 5.41) is 0. The molecule has 1 fully saturated rings. The molecule has 2 nitrogen and oxygen atoms in total. The number of aryl methyl sites for hydroxylation is 2. The van der Waals surface area contributed by atoms with Crippen LogP contribution in [0.15, 0.2) is 48.5 Å². The molecule has 2 heteroatoms. The second-order valence-corrected chi connectivity index (χ2v) is 7.52. The van der Waals surface area contributed by atoms with Crippen molar-refractivity contribution in [1.29, 1.82) is 0 Å². The first-order valence-corrected chi connectivity index (χ1v) is 10.1. The van der Waals surface area contributed by atoms with Crippen molar-refractivity contribution in [3.05, 3.63) is 65.2 Å². The van der Waals surface area contributed by atoms with E-state index in [4.69, 9.17) is 4.74 Å². The number of benzene rings is 2. The van der Waals surface area contributed by atoms with E-state index in [2.05, 4.69) is 19.1 Å². The molecule has 0 spiro atoms. The SMILES string of the molecule is CCCc1ccc(C(=O)Oc2ccc(CCC3CCCCC3)cc2)cc1. The van der Waals surface area contributed by atoms with Gasteiger partial charge in [0.05, 0.1) is 5.56 Å². The minimum absolute atomic E-state index is 0.289. The van der Waals surface area contributed by atoms with Gasteiger partial charge in [-0.2, -0.15) is 0 Å². The molecule has 0 unspecified atom stereocenters. The molecule has 0 aromatic heterocycles. The van der Waals surface area contributed by atoms with Crippen LogP contribution in [0.2, 0.25) is 0 Å². The highest BCUT2D eigenvalue weighted by Crippen LogP contribution is 2.27. The Morgan fingerprint density at radius 3 is 2.15 bits per heavy atom. The van der Waals surface area contributed by atoms with Crippen LogP contribution in [0.25, 0.3) is 0 Å². The number of hydrogen-bond donors (Lipinski definition) is 0. The van der Waals surface area contributed by atoms with Crippen LogP contribution in [-0.4, -0.2) is 5.97 Å². The fourth-order valence-electron chi connectivity index (χ4n) is 3.83. The number of esters is 1. The maximum absolute atomic E-state index is 12.3. The first-order valence-electron chi connectivity index (χ1n) is 10.1. The average molecular weight is 351 g/mol. The Balaban J connectivity index is 1.50. The van der Waals surface area contributed by atoms with Crippen molar-refractivity contribution in [2.45, 2.75) is 64.7 Å². The molecule has 0 radical (unpaired) electrons. The summed E-state index contributed by atoms with van der Waals surface area (Å²) in [6.45, 7) is 2.15. The number of carbonyl (C=O) groups excluding carboxylic acids is 1. The van der Waals surface area contributed by atoms with Gasteiger partial charge < -0.3 is 4.74 Å². The van der Waals surface area contributed by atoms with E-state index in [1.165, 1.54) is 49.7 Å². The summed E-state index contributed by atoms with van der Waals surface area (Å²) >= 11 is 0. The lowest BCUT2D eigenvalue weighted by Gasteiger charge is -2.21. The first-order chi connectivity index (χ1) is 12.7. The van der Waals surface area contributed by atoms with E-state index >= 15 is 0 Å². The molecule has 0 atom stereocenters. The van der Waals surface area contributed by atoms with E-state index in [1.54, 1.807) is 0 Å². The molecule has 1 aliphatic rings. The molecule has 2 aromatic rings. The predicted octanol–water partition coefficient (Wildman–Crippen LogP) is 6.37. The molecule has 0 aliphatic heterocycles. The van der Waals surface area contributed by atoms with Gasteiger partial charge in [-0.15, -0.1) is 0 Å². The van der Waals surface area contributed by atoms with E-state index in [9.17, 15) is 4.79 Å². The Morgan fingerprint density at radius 2 is 1.50 bits per heavy atom. The summed E-state index contributed by atoms with van der Waals surface area (Å²) < 4.78 is 5.51. The van der Waals surface area contributed by atoms with Gasteiger partial charge in [0.1, 0.15) is 5.75 Å². The van der Waals surface area contributed by atoms with Crippen molar-refractivity contribution in [1.82, 2.24) is 0 Å². The van der Waals surface area contributed by atoms with Crippen LogP contribution in [0.4, 0.5) is 0 Å². The maximum Gasteiger partial charge on any atom is 0.343 e. The molecule has 0 heterocycles. The van der Waals surface area contributed by atoms with Gasteiger partial charge >= 0.3 is 5.97 Å². The molecule has 26 heavy (non-hydrogen) atoms. The van der Waals surface area contributed by atoms with Crippen LogP contribution in [0.1, 0.15) is 73.4 Å². The van der Waals surface area contributed by atoms with Crippen LogP contribution in [0.5, 0.6) is 5.75 Å². The molecule has 0 N–H and O–H groups in total. The van der Waals surface area contributed by atoms with E-state index in [1.807, 2.05) is 36.4 Å². The third-order valence-corrected chi connectivity index (χ3v) is 5.43. The van der Waals surface area contributed by atoms with Crippen molar-refractivity contribution in [3.8, 4) is 5.75 Å². The van der Waals surface area contributed by atoms with Crippen molar-refractivity contribution in [2.24, 2.45) is 5.92 Å². The van der Waals surface area contributed by atoms with Crippen molar-refractivity contribution >= 4 is 5.97 Å². The van der Waals surface area contributed by atoms with Crippen molar-refractivity contribution in [3.63, 3.8) is 0 Å². The Bertz CT molecular complexity index is 679. The van der Waals surface area contributed by atoms with Crippen LogP contribution < -0.4 is 4.74 Å². The summed E-state index contributed by atoms with van der Waals surface area (Å²) in [7, 11) is 0. The van der Waals surface area contributed by atoms with Gasteiger partial charge in [0.2, 0.25) is 0 Å². The van der Waals surface area contributed by atoms with Crippen LogP contribution >= 0.6 is 0 Å². The van der Waals surface area contributed by atoms with Gasteiger partial charge in [-0.25, -0.2) is 4.79 Å². The Labute approximate surface area is 157 Å². The van der Waals surface area contributed by atoms with Crippen molar-refractivity contribution < 1.29 is 9.53 Å². The summed E-state index contributed by atoms with van der Waals surface area (Å²) in [5.74, 6) is 1.23. The van der Waals surface area contributed by atoms with E-state index in [-0.39, 0.29) is 5.97 Å². The zero-order valence-corrected chi connectivity index (χ0v) is 15.9. The Morgan fingerprint density at radius 1 is 0.885 bits per heavy atom. The molecule has 0 bridgehead atoms. The first kappa shape index (κ1) is 18.7. The Kier molecular flexibility index (Phi) is 6.88. The summed E-state index contributed by atoms with van der Waals surface area (Å²) in [6, 6.07) is 15.7. The van der Waals surface area contributed by atoms with Gasteiger partial charge in [0, 0.05) is 0 Å². The second-order valence-electron chi connectivity index (χ2n) is 7.52. The fourth-order valence-corrected chi connectivity index (χ4v) is 3.83. The topological polar surface area (TPSA) is 26.3 Å². The fraction of sp³-hybridized carbons (Fsp3) is 0.458. The summed E-state index contributed by atoms with van der Waals surface area (Å²) in [4.78, 5) is 12.3. The molecule has 0 amide bonds. The predicted molar refractivity (Wildman–Crippen MR) is 107 cm³/mol. The third kappa shape index (κ3) is 5.45. The molecule has 1 saturated carbocycles.